The van der Waals surface area contributed by atoms with Gasteiger partial charge in [-0.15, -0.1) is 10.2 Å². The van der Waals surface area contributed by atoms with E-state index in [0.717, 1.165) is 10.9 Å². The van der Waals surface area contributed by atoms with E-state index < -0.39 is 18.1 Å². The molecule has 34 heavy (non-hydrogen) atoms. The van der Waals surface area contributed by atoms with Crippen LogP contribution in [0.2, 0.25) is 5.02 Å². The lowest BCUT2D eigenvalue weighted by atomic mass is 10.1. The molecule has 0 saturated heterocycles. The molecule has 0 aliphatic carbocycles. The van der Waals surface area contributed by atoms with E-state index in [1.807, 2.05) is 22.9 Å². The number of halogens is 4. The lowest BCUT2D eigenvalue weighted by Gasteiger charge is -2.06. The van der Waals surface area contributed by atoms with Gasteiger partial charge in [0.2, 0.25) is 5.89 Å². The zero-order valence-electron chi connectivity index (χ0n) is 17.3. The topological polar surface area (TPSA) is 56.7 Å². The fourth-order valence-corrected chi connectivity index (χ4v) is 3.66. The first-order valence-corrected chi connectivity index (χ1v) is 10.5. The van der Waals surface area contributed by atoms with Crippen LogP contribution in [0.25, 0.3) is 22.4 Å². The van der Waals surface area contributed by atoms with Crippen molar-refractivity contribution in [2.24, 2.45) is 0 Å². The van der Waals surface area contributed by atoms with Gasteiger partial charge in [-0.2, -0.15) is 8.78 Å². The van der Waals surface area contributed by atoms with Crippen molar-refractivity contribution in [3.63, 3.8) is 0 Å². The van der Waals surface area contributed by atoms with Gasteiger partial charge in [0.05, 0.1) is 23.3 Å². The number of nitrogens with zero attached hydrogens (tertiary/aromatic N) is 4. The molecule has 0 radical (unpaired) electrons. The Balaban J connectivity index is 1.41. The largest absolute Gasteiger partial charge is 0.415 e. The Bertz CT molecular complexity index is 1550. The summed E-state index contributed by atoms with van der Waals surface area (Å²) in [6.07, 6.45) is 0.458. The van der Waals surface area contributed by atoms with Crippen molar-refractivity contribution in [1.29, 1.82) is 0 Å². The van der Waals surface area contributed by atoms with Gasteiger partial charge in [0.15, 0.2) is 0 Å². The standard InChI is InChI=1S/C25H14ClF3N4O/c26-18-3-1-2-15(10-18)4-5-16-11-19(27)12-22-21(16)8-9-33(22)14-20-7-6-17(13-30-20)24-31-32-25(34-24)23(28)29/h1-3,6-13,23H,14H2. The zero-order chi connectivity index (χ0) is 23.7. The molecule has 5 nitrogen and oxygen atoms in total. The molecule has 0 amide bonds. The van der Waals surface area contributed by atoms with Crippen LogP contribution in [0.3, 0.4) is 0 Å². The van der Waals surface area contributed by atoms with Crippen LogP contribution < -0.4 is 0 Å². The fourth-order valence-electron chi connectivity index (χ4n) is 3.47. The Labute approximate surface area is 196 Å². The molecule has 0 aliphatic rings. The minimum absolute atomic E-state index is 0.0363. The van der Waals surface area contributed by atoms with Crippen molar-refractivity contribution in [2.45, 2.75) is 13.0 Å². The molecule has 0 atom stereocenters. The molecule has 2 aromatic carbocycles. The van der Waals surface area contributed by atoms with Gasteiger partial charge < -0.3 is 8.98 Å². The number of hydrogen-bond donors (Lipinski definition) is 0. The maximum Gasteiger partial charge on any atom is 0.314 e. The molecule has 0 unspecified atom stereocenters. The SMILES string of the molecule is Fc1cc(C#Cc2cccc(Cl)c2)c2ccn(Cc3ccc(-c4nnc(C(F)F)o4)cn3)c2c1. The molecule has 5 aromatic rings. The smallest absolute Gasteiger partial charge is 0.314 e. The minimum atomic E-state index is -2.84. The highest BCUT2D eigenvalue weighted by Gasteiger charge is 2.17. The molecule has 0 bridgehead atoms. The van der Waals surface area contributed by atoms with Gasteiger partial charge in [-0.3, -0.25) is 4.98 Å². The van der Waals surface area contributed by atoms with Gasteiger partial charge in [-0.25, -0.2) is 4.39 Å². The van der Waals surface area contributed by atoms with Gasteiger partial charge >= 0.3 is 6.43 Å². The quantitative estimate of drug-likeness (QED) is 0.286. The highest BCUT2D eigenvalue weighted by Crippen LogP contribution is 2.25. The van der Waals surface area contributed by atoms with E-state index in [0.29, 0.717) is 33.9 Å². The lowest BCUT2D eigenvalue weighted by Crippen LogP contribution is -2.00. The van der Waals surface area contributed by atoms with Crippen LogP contribution >= 0.6 is 11.6 Å². The summed E-state index contributed by atoms with van der Waals surface area (Å²) in [4.78, 5) is 4.35. The van der Waals surface area contributed by atoms with Crippen molar-refractivity contribution in [2.75, 3.05) is 0 Å². The van der Waals surface area contributed by atoms with E-state index >= 15 is 0 Å². The van der Waals surface area contributed by atoms with Gasteiger partial charge in [0.25, 0.3) is 5.89 Å². The Morgan fingerprint density at radius 3 is 2.65 bits per heavy atom. The summed E-state index contributed by atoms with van der Waals surface area (Å²) in [6, 6.07) is 15.2. The summed E-state index contributed by atoms with van der Waals surface area (Å²) in [6.45, 7) is 0.362. The number of fused-ring (bicyclic) bond motifs is 1. The first kappa shape index (κ1) is 21.7. The average Bonchev–Trinajstić information content (AvgIpc) is 3.46. The second-order valence-electron chi connectivity index (χ2n) is 7.37. The number of hydrogen-bond acceptors (Lipinski definition) is 4. The summed E-state index contributed by atoms with van der Waals surface area (Å²) in [5.74, 6) is 4.87. The van der Waals surface area contributed by atoms with E-state index in [9.17, 15) is 13.2 Å². The molecule has 168 valence electrons. The summed E-state index contributed by atoms with van der Waals surface area (Å²) < 4.78 is 46.5. The second-order valence-corrected chi connectivity index (χ2v) is 7.81. The average molecular weight is 479 g/mol. The number of aromatic nitrogens is 4. The van der Waals surface area contributed by atoms with Crippen LogP contribution in [0.4, 0.5) is 13.2 Å². The Hall–Kier alpha value is -4.09. The molecule has 0 spiro atoms. The van der Waals surface area contributed by atoms with Gasteiger partial charge in [-0.1, -0.05) is 29.5 Å². The fraction of sp³-hybridized carbons (Fsp3) is 0.0800. The summed E-state index contributed by atoms with van der Waals surface area (Å²) >= 11 is 6.01. The Morgan fingerprint density at radius 2 is 1.91 bits per heavy atom. The molecule has 5 rings (SSSR count). The molecule has 9 heteroatoms. The monoisotopic (exact) mass is 478 g/mol. The molecule has 0 saturated carbocycles. The number of rotatable bonds is 4. The maximum absolute atomic E-state index is 14.4. The molecular formula is C25H14ClF3N4O. The molecule has 0 aliphatic heterocycles. The van der Waals surface area contributed by atoms with E-state index in [4.69, 9.17) is 16.0 Å². The maximum atomic E-state index is 14.4. The van der Waals surface area contributed by atoms with Crippen molar-refractivity contribution in [3.8, 4) is 23.3 Å². The normalized spacial score (nSPS) is 11.1. The van der Waals surface area contributed by atoms with E-state index in [1.165, 1.54) is 18.3 Å². The van der Waals surface area contributed by atoms with Crippen LogP contribution in [0, 0.1) is 17.7 Å². The number of alkyl halides is 2. The zero-order valence-corrected chi connectivity index (χ0v) is 18.1. The van der Waals surface area contributed by atoms with Crippen molar-refractivity contribution < 1.29 is 17.6 Å². The highest BCUT2D eigenvalue weighted by molar-refractivity contribution is 6.30. The van der Waals surface area contributed by atoms with Crippen LogP contribution in [-0.4, -0.2) is 19.7 Å². The summed E-state index contributed by atoms with van der Waals surface area (Å²) in [5.41, 5.74) is 3.05. The number of benzene rings is 2. The molecule has 3 aromatic heterocycles. The summed E-state index contributed by atoms with van der Waals surface area (Å²) in [5, 5.41) is 8.31. The Morgan fingerprint density at radius 1 is 1.03 bits per heavy atom. The van der Waals surface area contributed by atoms with Crippen molar-refractivity contribution in [1.82, 2.24) is 19.7 Å². The van der Waals surface area contributed by atoms with Crippen molar-refractivity contribution >= 4 is 22.5 Å². The summed E-state index contributed by atoms with van der Waals surface area (Å²) in [7, 11) is 0. The van der Waals surface area contributed by atoms with Crippen molar-refractivity contribution in [3.05, 3.63) is 101 Å². The first-order chi connectivity index (χ1) is 16.5. The third kappa shape index (κ3) is 4.51. The predicted octanol–water partition coefficient (Wildman–Crippen LogP) is 6.26. The minimum Gasteiger partial charge on any atom is -0.415 e. The van der Waals surface area contributed by atoms with E-state index in [2.05, 4.69) is 27.0 Å². The highest BCUT2D eigenvalue weighted by atomic mass is 35.5. The molecule has 3 heterocycles. The molecule has 0 fully saturated rings. The Kier molecular flexibility index (Phi) is 5.78. The molecule has 0 N–H and O–H groups in total. The van der Waals surface area contributed by atoms with E-state index in [1.54, 1.807) is 30.3 Å². The van der Waals surface area contributed by atoms with Gasteiger partial charge in [0.1, 0.15) is 5.82 Å². The third-order valence-electron chi connectivity index (χ3n) is 5.05. The van der Waals surface area contributed by atoms with Gasteiger partial charge in [-0.05, 0) is 48.5 Å². The van der Waals surface area contributed by atoms with E-state index in [-0.39, 0.29) is 5.89 Å². The predicted molar refractivity (Wildman–Crippen MR) is 121 cm³/mol. The first-order valence-electron chi connectivity index (χ1n) is 10.1. The van der Waals surface area contributed by atoms with Crippen LogP contribution in [0.15, 0.2) is 71.4 Å². The van der Waals surface area contributed by atoms with Crippen LogP contribution in [0.5, 0.6) is 0 Å². The van der Waals surface area contributed by atoms with Crippen LogP contribution in [0.1, 0.15) is 29.1 Å². The third-order valence-corrected chi connectivity index (χ3v) is 5.29. The van der Waals surface area contributed by atoms with Gasteiger partial charge in [0, 0.05) is 33.9 Å². The molecular weight excluding hydrogens is 465 g/mol. The van der Waals surface area contributed by atoms with Crippen LogP contribution in [-0.2, 0) is 6.54 Å². The number of pyridine rings is 1. The second kappa shape index (κ2) is 9.04. The lowest BCUT2D eigenvalue weighted by molar-refractivity contribution is 0.116.